The van der Waals surface area contributed by atoms with Crippen LogP contribution in [0.25, 0.3) is 11.3 Å². The molecule has 1 N–H and O–H groups in total. The molecule has 100 valence electrons. The van der Waals surface area contributed by atoms with E-state index in [0.717, 1.165) is 16.8 Å². The summed E-state index contributed by atoms with van der Waals surface area (Å²) in [5.74, 6) is -0.762. The van der Waals surface area contributed by atoms with Crippen LogP contribution in [0.2, 0.25) is 0 Å². The van der Waals surface area contributed by atoms with E-state index in [1.54, 1.807) is 0 Å². The summed E-state index contributed by atoms with van der Waals surface area (Å²) in [4.78, 5) is 14.7. The summed E-state index contributed by atoms with van der Waals surface area (Å²) in [6, 6.07) is 8.37. The summed E-state index contributed by atoms with van der Waals surface area (Å²) in [7, 11) is 0. The van der Waals surface area contributed by atoms with E-state index in [1.165, 1.54) is 0 Å². The molecule has 1 heterocycles. The predicted octanol–water partition coefficient (Wildman–Crippen LogP) is 3.15. The number of hydrogen-bond donors (Lipinski definition) is 1. The van der Waals surface area contributed by atoms with Crippen molar-refractivity contribution in [2.45, 2.75) is 32.7 Å². The second-order valence-electron chi connectivity index (χ2n) is 4.87. The van der Waals surface area contributed by atoms with Crippen molar-refractivity contribution in [3.8, 4) is 11.3 Å². The first-order chi connectivity index (χ1) is 9.08. The quantitative estimate of drug-likeness (QED) is 0.896. The van der Waals surface area contributed by atoms with Crippen LogP contribution >= 0.6 is 0 Å². The van der Waals surface area contributed by atoms with Crippen LogP contribution in [0.3, 0.4) is 0 Å². The first kappa shape index (κ1) is 13.3. The number of carbonyl (C=O) groups is 1. The average molecular weight is 258 g/mol. The van der Waals surface area contributed by atoms with Gasteiger partial charge in [-0.25, -0.2) is 4.98 Å². The minimum atomic E-state index is -0.762. The zero-order valence-electron chi connectivity index (χ0n) is 11.2. The van der Waals surface area contributed by atoms with Crippen LogP contribution < -0.4 is 0 Å². The summed E-state index contributed by atoms with van der Waals surface area (Å²) < 4.78 is 2.12. The van der Waals surface area contributed by atoms with Crippen LogP contribution in [0.1, 0.15) is 31.9 Å². The van der Waals surface area contributed by atoms with Gasteiger partial charge in [-0.1, -0.05) is 24.3 Å². The second-order valence-corrected chi connectivity index (χ2v) is 4.87. The van der Waals surface area contributed by atoms with E-state index in [1.807, 2.05) is 36.8 Å². The molecule has 0 aliphatic rings. The molecule has 0 aliphatic heterocycles. The number of rotatable bonds is 5. The highest BCUT2D eigenvalue weighted by Gasteiger charge is 2.07. The Hall–Kier alpha value is -2.10. The van der Waals surface area contributed by atoms with Gasteiger partial charge in [0.25, 0.3) is 0 Å². The molecule has 2 rings (SSSR count). The van der Waals surface area contributed by atoms with Gasteiger partial charge in [-0.2, -0.15) is 0 Å². The van der Waals surface area contributed by atoms with Crippen LogP contribution in [0, 0.1) is 0 Å². The van der Waals surface area contributed by atoms with Gasteiger partial charge in [0.05, 0.1) is 18.2 Å². The van der Waals surface area contributed by atoms with Gasteiger partial charge in [0.15, 0.2) is 0 Å². The monoisotopic (exact) mass is 258 g/mol. The number of nitrogens with zero attached hydrogens (tertiary/aromatic N) is 2. The number of hydrogen-bond acceptors (Lipinski definition) is 2. The summed E-state index contributed by atoms with van der Waals surface area (Å²) in [6.07, 6.45) is 4.42. The number of aliphatic carboxylic acids is 1. The van der Waals surface area contributed by atoms with Gasteiger partial charge in [-0.05, 0) is 31.4 Å². The van der Waals surface area contributed by atoms with Crippen LogP contribution in [-0.2, 0) is 11.2 Å². The second kappa shape index (κ2) is 5.69. The molecule has 4 heteroatoms. The molecule has 2 aromatic rings. The van der Waals surface area contributed by atoms with E-state index >= 15 is 0 Å². The van der Waals surface area contributed by atoms with Crippen molar-refractivity contribution < 1.29 is 9.90 Å². The van der Waals surface area contributed by atoms with Gasteiger partial charge in [-0.3, -0.25) is 4.79 Å². The van der Waals surface area contributed by atoms with Crippen LogP contribution in [0.4, 0.5) is 0 Å². The van der Waals surface area contributed by atoms with Crippen molar-refractivity contribution in [1.82, 2.24) is 9.55 Å². The molecule has 1 aromatic heterocycles. The smallest absolute Gasteiger partial charge is 0.303 e. The van der Waals surface area contributed by atoms with Gasteiger partial charge >= 0.3 is 5.97 Å². The number of benzene rings is 1. The molecule has 0 spiro atoms. The van der Waals surface area contributed by atoms with Crippen molar-refractivity contribution in [2.75, 3.05) is 0 Å². The Bertz CT molecular complexity index is 556. The Balaban J connectivity index is 2.18. The molecule has 0 saturated heterocycles. The molecule has 19 heavy (non-hydrogen) atoms. The van der Waals surface area contributed by atoms with Crippen molar-refractivity contribution in [3.63, 3.8) is 0 Å². The third-order valence-corrected chi connectivity index (χ3v) is 3.10. The van der Waals surface area contributed by atoms with Gasteiger partial charge in [0.2, 0.25) is 0 Å². The number of aryl methyl sites for hydroxylation is 1. The average Bonchev–Trinajstić information content (AvgIpc) is 2.86. The molecular formula is C15H18N2O2. The lowest BCUT2D eigenvalue weighted by molar-refractivity contribution is -0.136. The maximum Gasteiger partial charge on any atom is 0.303 e. The predicted molar refractivity (Wildman–Crippen MR) is 74.0 cm³/mol. The van der Waals surface area contributed by atoms with Gasteiger partial charge in [0.1, 0.15) is 0 Å². The molecular weight excluding hydrogens is 240 g/mol. The van der Waals surface area contributed by atoms with E-state index in [9.17, 15) is 4.79 Å². The third-order valence-electron chi connectivity index (χ3n) is 3.10. The van der Waals surface area contributed by atoms with Crippen molar-refractivity contribution >= 4 is 5.97 Å². The topological polar surface area (TPSA) is 55.1 Å². The van der Waals surface area contributed by atoms with E-state index in [0.29, 0.717) is 12.5 Å². The van der Waals surface area contributed by atoms with E-state index < -0.39 is 5.97 Å². The Labute approximate surface area is 112 Å². The highest BCUT2D eigenvalue weighted by molar-refractivity contribution is 5.67. The van der Waals surface area contributed by atoms with Crippen molar-refractivity contribution in [3.05, 3.63) is 42.4 Å². The van der Waals surface area contributed by atoms with Gasteiger partial charge in [0, 0.05) is 12.5 Å². The number of carboxylic acid groups (broad SMARTS) is 1. The lowest BCUT2D eigenvalue weighted by atomic mass is 10.1. The van der Waals surface area contributed by atoms with E-state index in [-0.39, 0.29) is 6.42 Å². The lowest BCUT2D eigenvalue weighted by Crippen LogP contribution is -2.01. The van der Waals surface area contributed by atoms with Crippen LogP contribution in [0.5, 0.6) is 0 Å². The van der Waals surface area contributed by atoms with Crippen molar-refractivity contribution in [2.24, 2.45) is 0 Å². The fourth-order valence-electron chi connectivity index (χ4n) is 2.03. The van der Waals surface area contributed by atoms with E-state index in [4.69, 9.17) is 5.11 Å². The molecule has 0 bridgehead atoms. The molecule has 0 amide bonds. The molecule has 0 saturated carbocycles. The van der Waals surface area contributed by atoms with Crippen molar-refractivity contribution in [1.29, 1.82) is 0 Å². The van der Waals surface area contributed by atoms with Crippen LogP contribution in [0.15, 0.2) is 36.8 Å². The Kier molecular flexibility index (Phi) is 4.00. The zero-order chi connectivity index (χ0) is 13.8. The summed E-state index contributed by atoms with van der Waals surface area (Å²) in [5.41, 5.74) is 3.23. The number of aromatic nitrogens is 2. The summed E-state index contributed by atoms with van der Waals surface area (Å²) in [5, 5.41) is 8.67. The molecule has 4 nitrogen and oxygen atoms in total. The largest absolute Gasteiger partial charge is 0.481 e. The Morgan fingerprint density at radius 3 is 2.58 bits per heavy atom. The molecule has 0 radical (unpaired) electrons. The first-order valence-corrected chi connectivity index (χ1v) is 6.41. The van der Waals surface area contributed by atoms with Crippen LogP contribution in [-0.4, -0.2) is 20.6 Å². The standard InChI is InChI=1S/C15H18N2O2/c1-11(2)17-10-16-9-14(17)13-6-3-12(4-7-13)5-8-15(18)19/h3-4,6-7,9-11H,5,8H2,1-2H3,(H,18,19). The number of carboxylic acids is 1. The lowest BCUT2D eigenvalue weighted by Gasteiger charge is -2.12. The SMILES string of the molecule is CC(C)n1cncc1-c1ccc(CCC(=O)O)cc1. The normalized spacial score (nSPS) is 10.9. The maximum absolute atomic E-state index is 10.5. The minimum absolute atomic E-state index is 0.170. The highest BCUT2D eigenvalue weighted by Crippen LogP contribution is 2.22. The molecule has 0 fully saturated rings. The fourth-order valence-corrected chi connectivity index (χ4v) is 2.03. The molecule has 0 atom stereocenters. The van der Waals surface area contributed by atoms with Gasteiger partial charge < -0.3 is 9.67 Å². The maximum atomic E-state index is 10.5. The Morgan fingerprint density at radius 1 is 1.32 bits per heavy atom. The Morgan fingerprint density at radius 2 is 2.00 bits per heavy atom. The third kappa shape index (κ3) is 3.22. The van der Waals surface area contributed by atoms with Gasteiger partial charge in [-0.15, -0.1) is 0 Å². The van der Waals surface area contributed by atoms with E-state index in [2.05, 4.69) is 23.4 Å². The molecule has 0 aliphatic carbocycles. The zero-order valence-corrected chi connectivity index (χ0v) is 11.2. The molecule has 1 aromatic carbocycles. The molecule has 0 unspecified atom stereocenters. The number of imidazole rings is 1. The summed E-state index contributed by atoms with van der Waals surface area (Å²) >= 11 is 0. The minimum Gasteiger partial charge on any atom is -0.481 e. The fraction of sp³-hybridized carbons (Fsp3) is 0.333. The highest BCUT2D eigenvalue weighted by atomic mass is 16.4. The summed E-state index contributed by atoms with van der Waals surface area (Å²) in [6.45, 7) is 4.23. The first-order valence-electron chi connectivity index (χ1n) is 6.41.